The maximum atomic E-state index is 11.6. The molecule has 152 valence electrons. The van der Waals surface area contributed by atoms with Crippen LogP contribution in [0.2, 0.25) is 0 Å². The van der Waals surface area contributed by atoms with Gasteiger partial charge in [-0.2, -0.15) is 0 Å². The van der Waals surface area contributed by atoms with Gasteiger partial charge in [0.2, 0.25) is 11.8 Å². The molecule has 5 atom stereocenters. The fraction of sp³-hybridized carbons (Fsp3) is 0.875. The van der Waals surface area contributed by atoms with Crippen molar-refractivity contribution in [2.24, 2.45) is 5.73 Å². The third-order valence-corrected chi connectivity index (χ3v) is 4.03. The molecule has 0 aromatic heterocycles. The SMILES string of the molecule is CC(=O)N[C@H]1[C@H](OCCCCC(=O)NCCCN)O[C@H](CO)[C@H](O)[C@@H]1O. The third-order valence-electron chi connectivity index (χ3n) is 4.03. The first-order valence-corrected chi connectivity index (χ1v) is 8.88. The first-order chi connectivity index (χ1) is 12.4. The molecule has 0 aromatic carbocycles. The van der Waals surface area contributed by atoms with Crippen molar-refractivity contribution in [1.82, 2.24) is 10.6 Å². The molecule has 1 rings (SSSR count). The molecule has 0 radical (unpaired) electrons. The van der Waals surface area contributed by atoms with Crippen LogP contribution in [0, 0.1) is 0 Å². The molecule has 0 saturated carbocycles. The molecule has 2 amide bonds. The van der Waals surface area contributed by atoms with E-state index in [2.05, 4.69) is 10.6 Å². The molecule has 7 N–H and O–H groups in total. The molecule has 1 aliphatic rings. The van der Waals surface area contributed by atoms with Crippen molar-refractivity contribution in [2.75, 3.05) is 26.3 Å². The predicted octanol–water partition coefficient (Wildman–Crippen LogP) is -2.42. The molecule has 0 bridgehead atoms. The number of carbonyl (C=O) groups excluding carboxylic acids is 2. The van der Waals surface area contributed by atoms with Gasteiger partial charge in [0.1, 0.15) is 24.4 Å². The van der Waals surface area contributed by atoms with Gasteiger partial charge >= 0.3 is 0 Å². The number of unbranched alkanes of at least 4 members (excludes halogenated alkanes) is 1. The minimum atomic E-state index is -1.34. The lowest BCUT2D eigenvalue weighted by Gasteiger charge is -2.42. The largest absolute Gasteiger partial charge is 0.394 e. The van der Waals surface area contributed by atoms with Gasteiger partial charge in [-0.25, -0.2) is 0 Å². The number of carbonyl (C=O) groups is 2. The number of hydrogen-bond donors (Lipinski definition) is 6. The van der Waals surface area contributed by atoms with Gasteiger partial charge in [0.05, 0.1) is 6.61 Å². The van der Waals surface area contributed by atoms with Gasteiger partial charge in [-0.1, -0.05) is 0 Å². The molecular formula is C16H31N3O7. The number of nitrogens with two attached hydrogens (primary N) is 1. The summed E-state index contributed by atoms with van der Waals surface area (Å²) in [4.78, 5) is 22.9. The Labute approximate surface area is 153 Å². The fourth-order valence-corrected chi connectivity index (χ4v) is 2.62. The van der Waals surface area contributed by atoms with Gasteiger partial charge in [0, 0.05) is 26.5 Å². The van der Waals surface area contributed by atoms with E-state index in [-0.39, 0.29) is 12.5 Å². The highest BCUT2D eigenvalue weighted by Crippen LogP contribution is 2.22. The van der Waals surface area contributed by atoms with Crippen LogP contribution in [0.5, 0.6) is 0 Å². The maximum absolute atomic E-state index is 11.6. The zero-order valence-corrected chi connectivity index (χ0v) is 15.1. The smallest absolute Gasteiger partial charge is 0.219 e. The molecule has 10 nitrogen and oxygen atoms in total. The second-order valence-electron chi connectivity index (χ2n) is 6.25. The van der Waals surface area contributed by atoms with Gasteiger partial charge < -0.3 is 41.2 Å². The summed E-state index contributed by atoms with van der Waals surface area (Å²) < 4.78 is 11.0. The summed E-state index contributed by atoms with van der Waals surface area (Å²) in [7, 11) is 0. The zero-order chi connectivity index (χ0) is 19.5. The lowest BCUT2D eigenvalue weighted by molar-refractivity contribution is -0.270. The first kappa shape index (κ1) is 22.7. The number of ether oxygens (including phenoxy) is 2. The summed E-state index contributed by atoms with van der Waals surface area (Å²) in [6, 6.07) is -0.954. The summed E-state index contributed by atoms with van der Waals surface area (Å²) in [6.45, 7) is 2.10. The minimum absolute atomic E-state index is 0.0534. The number of nitrogens with one attached hydrogen (secondary N) is 2. The Morgan fingerprint density at radius 1 is 1.19 bits per heavy atom. The van der Waals surface area contributed by atoms with Crippen molar-refractivity contribution >= 4 is 11.8 Å². The third kappa shape index (κ3) is 7.52. The normalized spacial score (nSPS) is 28.6. The summed E-state index contributed by atoms with van der Waals surface area (Å²) in [5.74, 6) is -0.461. The van der Waals surface area contributed by atoms with Crippen molar-refractivity contribution < 1.29 is 34.4 Å². The zero-order valence-electron chi connectivity index (χ0n) is 15.1. The lowest BCUT2D eigenvalue weighted by atomic mass is 9.97. The summed E-state index contributed by atoms with van der Waals surface area (Å²) in [5.41, 5.74) is 5.35. The van der Waals surface area contributed by atoms with Crippen LogP contribution >= 0.6 is 0 Å². The van der Waals surface area contributed by atoms with Gasteiger partial charge in [0.25, 0.3) is 0 Å². The van der Waals surface area contributed by atoms with E-state index in [1.54, 1.807) is 0 Å². The number of aliphatic hydroxyl groups excluding tert-OH is 3. The topological polar surface area (TPSA) is 163 Å². The van der Waals surface area contributed by atoms with Crippen molar-refractivity contribution in [3.63, 3.8) is 0 Å². The van der Waals surface area contributed by atoms with Crippen LogP contribution in [0.4, 0.5) is 0 Å². The molecule has 0 aromatic rings. The molecular weight excluding hydrogens is 346 g/mol. The molecule has 10 heteroatoms. The average molecular weight is 377 g/mol. The van der Waals surface area contributed by atoms with E-state index >= 15 is 0 Å². The Balaban J connectivity index is 2.39. The van der Waals surface area contributed by atoms with Crippen LogP contribution in [-0.2, 0) is 19.1 Å². The average Bonchev–Trinajstić information content (AvgIpc) is 2.60. The molecule has 1 saturated heterocycles. The van der Waals surface area contributed by atoms with E-state index in [0.29, 0.717) is 32.4 Å². The van der Waals surface area contributed by atoms with Gasteiger partial charge in [-0.3, -0.25) is 9.59 Å². The molecule has 0 spiro atoms. The highest BCUT2D eigenvalue weighted by molar-refractivity contribution is 5.75. The molecule has 26 heavy (non-hydrogen) atoms. The standard InChI is InChI=1S/C16H31N3O7/c1-10(21)19-13-15(24)14(23)11(9-20)26-16(13)25-8-3-2-5-12(22)18-7-4-6-17/h11,13-16,20,23-24H,2-9,17H2,1H3,(H,18,22)(H,19,21)/t11-,13-,14+,15-,16-/m1/s1. The van der Waals surface area contributed by atoms with Crippen molar-refractivity contribution in [1.29, 1.82) is 0 Å². The first-order valence-electron chi connectivity index (χ1n) is 8.88. The van der Waals surface area contributed by atoms with E-state index < -0.39 is 43.2 Å². The Kier molecular flexibility index (Phi) is 10.6. The van der Waals surface area contributed by atoms with E-state index in [0.717, 1.165) is 6.42 Å². The second kappa shape index (κ2) is 12.2. The molecule has 1 fully saturated rings. The van der Waals surface area contributed by atoms with Crippen molar-refractivity contribution in [3.05, 3.63) is 0 Å². The number of aliphatic hydroxyl groups is 3. The Morgan fingerprint density at radius 3 is 2.54 bits per heavy atom. The van der Waals surface area contributed by atoms with Crippen LogP contribution < -0.4 is 16.4 Å². The minimum Gasteiger partial charge on any atom is -0.394 e. The predicted molar refractivity (Wildman–Crippen MR) is 91.8 cm³/mol. The fourth-order valence-electron chi connectivity index (χ4n) is 2.62. The Hall–Kier alpha value is -1.30. The van der Waals surface area contributed by atoms with E-state index in [1.807, 2.05) is 0 Å². The number of rotatable bonds is 11. The van der Waals surface area contributed by atoms with E-state index in [9.17, 15) is 24.9 Å². The van der Waals surface area contributed by atoms with Crippen LogP contribution in [0.1, 0.15) is 32.6 Å². The summed E-state index contributed by atoms with van der Waals surface area (Å²) >= 11 is 0. The van der Waals surface area contributed by atoms with E-state index in [1.165, 1.54) is 6.92 Å². The Bertz CT molecular complexity index is 438. The van der Waals surface area contributed by atoms with Crippen LogP contribution in [0.3, 0.4) is 0 Å². The molecule has 0 aliphatic carbocycles. The number of amides is 2. The van der Waals surface area contributed by atoms with Crippen molar-refractivity contribution in [2.45, 2.75) is 63.3 Å². The van der Waals surface area contributed by atoms with Crippen LogP contribution in [0.15, 0.2) is 0 Å². The van der Waals surface area contributed by atoms with Crippen molar-refractivity contribution in [3.8, 4) is 0 Å². The highest BCUT2D eigenvalue weighted by Gasteiger charge is 2.45. The Morgan fingerprint density at radius 2 is 1.92 bits per heavy atom. The number of hydrogen-bond acceptors (Lipinski definition) is 8. The second-order valence-corrected chi connectivity index (χ2v) is 6.25. The maximum Gasteiger partial charge on any atom is 0.219 e. The van der Waals surface area contributed by atoms with E-state index in [4.69, 9.17) is 15.2 Å². The van der Waals surface area contributed by atoms with Crippen LogP contribution in [0.25, 0.3) is 0 Å². The quantitative estimate of drug-likeness (QED) is 0.217. The van der Waals surface area contributed by atoms with Gasteiger partial charge in [-0.05, 0) is 25.8 Å². The van der Waals surface area contributed by atoms with Gasteiger partial charge in [0.15, 0.2) is 6.29 Å². The summed E-state index contributed by atoms with van der Waals surface area (Å²) in [5, 5.41) is 34.5. The highest BCUT2D eigenvalue weighted by atomic mass is 16.7. The molecule has 0 unspecified atom stereocenters. The lowest BCUT2D eigenvalue weighted by Crippen LogP contribution is -2.64. The molecule has 1 aliphatic heterocycles. The molecule has 1 heterocycles. The summed E-state index contributed by atoms with van der Waals surface area (Å²) in [6.07, 6.45) is -2.42. The monoisotopic (exact) mass is 377 g/mol. The van der Waals surface area contributed by atoms with Gasteiger partial charge in [-0.15, -0.1) is 0 Å². The van der Waals surface area contributed by atoms with Crippen LogP contribution in [-0.4, -0.2) is 84.1 Å².